The van der Waals surface area contributed by atoms with Crippen LogP contribution in [-0.4, -0.2) is 53.1 Å². The molecule has 3 unspecified atom stereocenters. The van der Waals surface area contributed by atoms with E-state index in [1.54, 1.807) is 0 Å². The molecule has 6 heteroatoms. The molecular weight excluding hydrogens is 245 g/mol. The van der Waals surface area contributed by atoms with E-state index >= 15 is 0 Å². The van der Waals surface area contributed by atoms with Crippen LogP contribution in [0, 0.1) is 0 Å². The number of rotatable bonds is 3. The number of amides is 1. The second-order valence-corrected chi connectivity index (χ2v) is 5.35. The summed E-state index contributed by atoms with van der Waals surface area (Å²) >= 11 is 0. The minimum Gasteiger partial charge on any atom is -0.334 e. The molecule has 104 valence electrons. The van der Waals surface area contributed by atoms with Gasteiger partial charge in [-0.15, -0.1) is 0 Å². The van der Waals surface area contributed by atoms with Crippen LogP contribution in [-0.2, 0) is 4.79 Å². The molecule has 0 radical (unpaired) electrons. The van der Waals surface area contributed by atoms with Crippen LogP contribution >= 0.6 is 0 Å². The van der Waals surface area contributed by atoms with Crippen LogP contribution in [0.1, 0.15) is 33.1 Å². The molecule has 1 amide bonds. The fourth-order valence-corrected chi connectivity index (χ4v) is 2.93. The molecule has 0 aromatic carbocycles. The van der Waals surface area contributed by atoms with Gasteiger partial charge in [0.2, 0.25) is 5.91 Å². The van der Waals surface area contributed by atoms with Crippen molar-refractivity contribution >= 4 is 5.91 Å². The van der Waals surface area contributed by atoms with Gasteiger partial charge in [0, 0.05) is 31.2 Å². The van der Waals surface area contributed by atoms with E-state index in [0.29, 0.717) is 6.04 Å². The maximum absolute atomic E-state index is 12.2. The highest BCUT2D eigenvalue weighted by Crippen LogP contribution is 2.35. The van der Waals surface area contributed by atoms with Crippen molar-refractivity contribution in [3.05, 3.63) is 0 Å². The average Bonchev–Trinajstić information content (AvgIpc) is 2.25. The minimum atomic E-state index is -4.39. The summed E-state index contributed by atoms with van der Waals surface area (Å²) in [4.78, 5) is 15.3. The quantitative estimate of drug-likeness (QED) is 0.778. The van der Waals surface area contributed by atoms with Gasteiger partial charge in [-0.05, 0) is 19.8 Å². The van der Waals surface area contributed by atoms with Crippen molar-refractivity contribution < 1.29 is 18.0 Å². The smallest absolute Gasteiger partial charge is 0.334 e. The summed E-state index contributed by atoms with van der Waals surface area (Å²) in [5.74, 6) is -0.757. The third-order valence-corrected chi connectivity index (χ3v) is 4.08. The largest absolute Gasteiger partial charge is 0.397 e. The molecule has 2 bridgehead atoms. The number of carbonyl (C=O) groups is 1. The molecule has 0 aromatic heterocycles. The highest BCUT2D eigenvalue weighted by Gasteiger charge is 2.49. The van der Waals surface area contributed by atoms with Gasteiger partial charge in [0.25, 0.3) is 0 Å². The first kappa shape index (κ1) is 13.6. The Morgan fingerprint density at radius 2 is 1.89 bits per heavy atom. The number of hydrogen-bond acceptors (Lipinski definition) is 2. The van der Waals surface area contributed by atoms with Gasteiger partial charge in [-0.1, -0.05) is 6.92 Å². The molecular formula is C12H19F3N2O. The zero-order valence-electron chi connectivity index (χ0n) is 10.7. The molecule has 3 aliphatic heterocycles. The first-order valence-electron chi connectivity index (χ1n) is 6.43. The third kappa shape index (κ3) is 2.63. The van der Waals surface area contributed by atoms with Crippen molar-refractivity contribution in [1.29, 1.82) is 0 Å². The van der Waals surface area contributed by atoms with Crippen LogP contribution in [0.3, 0.4) is 0 Å². The predicted octanol–water partition coefficient (Wildman–Crippen LogP) is 2.02. The van der Waals surface area contributed by atoms with E-state index in [0.717, 1.165) is 25.9 Å². The number of fused-ring (bicyclic) bond motifs is 2. The molecule has 3 fully saturated rings. The topological polar surface area (TPSA) is 23.6 Å². The molecule has 0 saturated carbocycles. The number of piperidine rings is 1. The number of nitrogens with zero attached hydrogens (tertiary/aromatic N) is 2. The molecule has 3 atom stereocenters. The van der Waals surface area contributed by atoms with E-state index in [1.807, 2.05) is 0 Å². The Bertz CT molecular complexity index is 320. The first-order valence-corrected chi connectivity index (χ1v) is 6.43. The van der Waals surface area contributed by atoms with Crippen molar-refractivity contribution in [3.63, 3.8) is 0 Å². The Kier molecular flexibility index (Phi) is 3.58. The normalized spacial score (nSPS) is 29.9. The van der Waals surface area contributed by atoms with Gasteiger partial charge in [-0.2, -0.15) is 13.2 Å². The Morgan fingerprint density at radius 1 is 1.33 bits per heavy atom. The average molecular weight is 264 g/mol. The summed E-state index contributed by atoms with van der Waals surface area (Å²) in [5, 5.41) is 0. The molecule has 0 N–H and O–H groups in total. The lowest BCUT2D eigenvalue weighted by atomic mass is 9.86. The minimum absolute atomic E-state index is 0.00685. The molecule has 3 nitrogen and oxygen atoms in total. The summed E-state index contributed by atoms with van der Waals surface area (Å²) in [6.07, 6.45) is -3.83. The lowest BCUT2D eigenvalue weighted by Crippen LogP contribution is -2.71. The maximum atomic E-state index is 12.2. The van der Waals surface area contributed by atoms with Crippen molar-refractivity contribution in [2.24, 2.45) is 0 Å². The van der Waals surface area contributed by atoms with Crippen LogP contribution in [0.5, 0.6) is 0 Å². The summed E-state index contributed by atoms with van der Waals surface area (Å²) in [6.45, 7) is 5.65. The number of carbonyl (C=O) groups excluding carboxylic acids is 1. The predicted molar refractivity (Wildman–Crippen MR) is 61.0 cm³/mol. The van der Waals surface area contributed by atoms with Crippen molar-refractivity contribution in [1.82, 2.24) is 9.80 Å². The van der Waals surface area contributed by atoms with Gasteiger partial charge in [0.1, 0.15) is 6.42 Å². The fraction of sp³-hybridized carbons (Fsp3) is 0.917. The first-order chi connectivity index (χ1) is 8.31. The Labute approximate surface area is 105 Å². The van der Waals surface area contributed by atoms with Crippen molar-refractivity contribution in [2.75, 3.05) is 13.1 Å². The van der Waals surface area contributed by atoms with Crippen LogP contribution in [0.2, 0.25) is 0 Å². The molecule has 3 saturated heterocycles. The van der Waals surface area contributed by atoms with Gasteiger partial charge in [0.05, 0.1) is 0 Å². The van der Waals surface area contributed by atoms with E-state index in [2.05, 4.69) is 18.7 Å². The zero-order valence-corrected chi connectivity index (χ0v) is 10.7. The number of halogens is 3. The van der Waals surface area contributed by atoms with Gasteiger partial charge in [0.15, 0.2) is 0 Å². The summed E-state index contributed by atoms with van der Waals surface area (Å²) in [5.41, 5.74) is 0. The Hall–Kier alpha value is -0.780. The van der Waals surface area contributed by atoms with Gasteiger partial charge >= 0.3 is 6.18 Å². The van der Waals surface area contributed by atoms with Crippen molar-refractivity contribution in [2.45, 2.75) is 57.4 Å². The highest BCUT2D eigenvalue weighted by molar-refractivity contribution is 5.78. The second-order valence-electron chi connectivity index (χ2n) is 5.35. The van der Waals surface area contributed by atoms with E-state index < -0.39 is 18.5 Å². The van der Waals surface area contributed by atoms with E-state index in [1.165, 1.54) is 4.90 Å². The van der Waals surface area contributed by atoms with Crippen LogP contribution in [0.4, 0.5) is 13.2 Å². The highest BCUT2D eigenvalue weighted by atomic mass is 19.4. The number of piperazine rings is 1. The standard InChI is InChI=1S/C12H19F3N2O/c1-3-8(2)16-6-9-4-10(7-16)17(9)11(18)5-12(13,14)15/h8-10H,3-7H2,1-2H3. The van der Waals surface area contributed by atoms with Crippen LogP contribution < -0.4 is 0 Å². The van der Waals surface area contributed by atoms with Crippen LogP contribution in [0.25, 0.3) is 0 Å². The molecule has 3 rings (SSSR count). The van der Waals surface area contributed by atoms with Gasteiger partial charge in [-0.25, -0.2) is 0 Å². The van der Waals surface area contributed by atoms with Gasteiger partial charge in [-0.3, -0.25) is 9.69 Å². The Morgan fingerprint density at radius 3 is 2.33 bits per heavy atom. The van der Waals surface area contributed by atoms with Gasteiger partial charge < -0.3 is 4.90 Å². The van der Waals surface area contributed by atoms with Crippen LogP contribution in [0.15, 0.2) is 0 Å². The molecule has 0 aromatic rings. The Balaban J connectivity index is 1.91. The molecule has 0 aliphatic carbocycles. The van der Waals surface area contributed by atoms with E-state index in [-0.39, 0.29) is 12.1 Å². The van der Waals surface area contributed by atoms with E-state index in [4.69, 9.17) is 0 Å². The molecule has 3 heterocycles. The lowest BCUT2D eigenvalue weighted by Gasteiger charge is -2.57. The summed E-state index contributed by atoms with van der Waals surface area (Å²) in [7, 11) is 0. The third-order valence-electron chi connectivity index (χ3n) is 4.08. The number of alkyl halides is 3. The van der Waals surface area contributed by atoms with E-state index in [9.17, 15) is 18.0 Å². The summed E-state index contributed by atoms with van der Waals surface area (Å²) in [6, 6.07) is 0.426. The molecule has 18 heavy (non-hydrogen) atoms. The molecule has 0 spiro atoms. The SMILES string of the molecule is CCC(C)N1CC2CC(C1)N2C(=O)CC(F)(F)F. The monoisotopic (exact) mass is 264 g/mol. The van der Waals surface area contributed by atoms with Crippen molar-refractivity contribution in [3.8, 4) is 0 Å². The maximum Gasteiger partial charge on any atom is 0.397 e. The molecule has 3 aliphatic rings. The number of hydrogen-bond donors (Lipinski definition) is 0. The fourth-order valence-electron chi connectivity index (χ4n) is 2.93. The lowest BCUT2D eigenvalue weighted by molar-refractivity contribution is -0.178. The zero-order chi connectivity index (χ0) is 13.5. The second kappa shape index (κ2) is 4.72. The summed E-state index contributed by atoms with van der Waals surface area (Å²) < 4.78 is 36.6.